The van der Waals surface area contributed by atoms with E-state index in [2.05, 4.69) is 5.32 Å². The van der Waals surface area contributed by atoms with Crippen molar-refractivity contribution in [1.29, 1.82) is 0 Å². The fourth-order valence-corrected chi connectivity index (χ4v) is 4.21. The van der Waals surface area contributed by atoms with Crippen molar-refractivity contribution in [2.75, 3.05) is 31.1 Å². The van der Waals surface area contributed by atoms with Crippen molar-refractivity contribution in [2.24, 2.45) is 5.92 Å². The molecule has 6 nitrogen and oxygen atoms in total. The fourth-order valence-electron chi connectivity index (χ4n) is 2.78. The van der Waals surface area contributed by atoms with Gasteiger partial charge in [0, 0.05) is 26.8 Å². The lowest BCUT2D eigenvalue weighted by atomic mass is 10.2. The third-order valence-electron chi connectivity index (χ3n) is 4.76. The topological polar surface area (TPSA) is 75.7 Å². The minimum atomic E-state index is -3.82. The molecule has 1 N–H and O–H groups in total. The average molecular weight is 437 g/mol. The van der Waals surface area contributed by atoms with E-state index in [0.717, 1.165) is 6.61 Å². The number of halogens is 1. The molecule has 2 aromatic carbocycles. The van der Waals surface area contributed by atoms with Crippen molar-refractivity contribution < 1.29 is 17.9 Å². The van der Waals surface area contributed by atoms with E-state index in [4.69, 9.17) is 16.3 Å². The van der Waals surface area contributed by atoms with Gasteiger partial charge in [-0.1, -0.05) is 29.8 Å². The van der Waals surface area contributed by atoms with E-state index in [9.17, 15) is 13.2 Å². The molecule has 3 rings (SSSR count). The largest absolute Gasteiger partial charge is 0.381 e. The number of hydrogen-bond acceptors (Lipinski definition) is 4. The van der Waals surface area contributed by atoms with Gasteiger partial charge in [0.15, 0.2) is 0 Å². The smallest absolute Gasteiger partial charge is 0.264 e. The molecule has 0 heterocycles. The Hall–Kier alpha value is -2.09. The molecular formula is C21H25ClN2O4S. The number of carbonyl (C=O) groups is 1. The Bertz CT molecular complexity index is 946. The third-order valence-corrected chi connectivity index (χ3v) is 6.87. The standard InChI is InChI=1S/C21H25ClN2O4S/c1-24(17-6-3-2-4-7-17)29(26,27)18-10-11-20(22)19(14-18)21(25)23-12-5-13-28-15-16-8-9-16/h2-4,6-7,10-11,14,16H,5,8-9,12-13,15H2,1H3,(H,23,25). The van der Waals surface area contributed by atoms with Crippen LogP contribution in [0.1, 0.15) is 29.6 Å². The first kappa shape index (κ1) is 21.6. The SMILES string of the molecule is CN(c1ccccc1)S(=O)(=O)c1ccc(Cl)c(C(=O)NCCCOCC2CC2)c1. The summed E-state index contributed by atoms with van der Waals surface area (Å²) in [4.78, 5) is 12.5. The van der Waals surface area contributed by atoms with Crippen LogP contribution in [0.25, 0.3) is 0 Å². The minimum Gasteiger partial charge on any atom is -0.381 e. The molecule has 1 amide bonds. The molecule has 0 radical (unpaired) electrons. The molecule has 1 fully saturated rings. The molecule has 0 bridgehead atoms. The van der Waals surface area contributed by atoms with E-state index in [-0.39, 0.29) is 15.5 Å². The molecule has 0 atom stereocenters. The summed E-state index contributed by atoms with van der Waals surface area (Å²) in [5, 5.41) is 2.97. The van der Waals surface area contributed by atoms with Gasteiger partial charge in [-0.25, -0.2) is 8.42 Å². The van der Waals surface area contributed by atoms with Crippen LogP contribution in [0.3, 0.4) is 0 Å². The molecule has 156 valence electrons. The number of nitrogens with one attached hydrogen (secondary N) is 1. The Labute approximate surface area is 176 Å². The first-order valence-electron chi connectivity index (χ1n) is 9.59. The number of hydrogen-bond donors (Lipinski definition) is 1. The van der Waals surface area contributed by atoms with Crippen LogP contribution in [0.15, 0.2) is 53.4 Å². The van der Waals surface area contributed by atoms with Gasteiger partial charge in [0.25, 0.3) is 15.9 Å². The number of ether oxygens (including phenoxy) is 1. The maximum absolute atomic E-state index is 12.9. The second kappa shape index (κ2) is 9.61. The molecule has 0 aromatic heterocycles. The van der Waals surface area contributed by atoms with Crippen LogP contribution >= 0.6 is 11.6 Å². The normalized spacial score (nSPS) is 13.9. The van der Waals surface area contributed by atoms with Gasteiger partial charge in [0.05, 0.1) is 21.2 Å². The summed E-state index contributed by atoms with van der Waals surface area (Å²) in [7, 11) is -2.35. The third kappa shape index (κ3) is 5.72. The van der Waals surface area contributed by atoms with Crippen molar-refractivity contribution in [3.8, 4) is 0 Å². The maximum atomic E-state index is 12.9. The van der Waals surface area contributed by atoms with Crippen LogP contribution in [0.4, 0.5) is 5.69 Å². The summed E-state index contributed by atoms with van der Waals surface area (Å²) < 4.78 is 32.6. The maximum Gasteiger partial charge on any atom is 0.264 e. The number of benzene rings is 2. The van der Waals surface area contributed by atoms with E-state index < -0.39 is 15.9 Å². The quantitative estimate of drug-likeness (QED) is 0.576. The van der Waals surface area contributed by atoms with Gasteiger partial charge in [-0.3, -0.25) is 9.10 Å². The molecule has 1 aliphatic carbocycles. The highest BCUT2D eigenvalue weighted by molar-refractivity contribution is 7.92. The van der Waals surface area contributed by atoms with Gasteiger partial charge in [-0.2, -0.15) is 0 Å². The number of nitrogens with zero attached hydrogens (tertiary/aromatic N) is 1. The van der Waals surface area contributed by atoms with Gasteiger partial charge in [-0.15, -0.1) is 0 Å². The summed E-state index contributed by atoms with van der Waals surface area (Å²) in [5.41, 5.74) is 0.660. The van der Waals surface area contributed by atoms with E-state index in [1.807, 2.05) is 6.07 Å². The number of para-hydroxylation sites is 1. The lowest BCUT2D eigenvalue weighted by Gasteiger charge is -2.20. The molecule has 0 aliphatic heterocycles. The molecule has 0 unspecified atom stereocenters. The zero-order valence-electron chi connectivity index (χ0n) is 16.3. The zero-order chi connectivity index (χ0) is 20.9. The van der Waals surface area contributed by atoms with Crippen molar-refractivity contribution in [3.63, 3.8) is 0 Å². The average Bonchev–Trinajstić information content (AvgIpc) is 3.55. The fraction of sp³-hybridized carbons (Fsp3) is 0.381. The Kier molecular flexibility index (Phi) is 7.16. The van der Waals surface area contributed by atoms with Crippen molar-refractivity contribution in [3.05, 3.63) is 59.1 Å². The van der Waals surface area contributed by atoms with Crippen LogP contribution in [0, 0.1) is 5.92 Å². The lowest BCUT2D eigenvalue weighted by molar-refractivity contribution is 0.0937. The van der Waals surface area contributed by atoms with Crippen molar-refractivity contribution in [1.82, 2.24) is 5.32 Å². The molecule has 1 saturated carbocycles. The molecule has 8 heteroatoms. The minimum absolute atomic E-state index is 0.00571. The summed E-state index contributed by atoms with van der Waals surface area (Å²) in [5.74, 6) is 0.304. The van der Waals surface area contributed by atoms with Gasteiger partial charge < -0.3 is 10.1 Å². The Morgan fingerprint density at radius 2 is 1.93 bits per heavy atom. The van der Waals surface area contributed by atoms with Gasteiger partial charge in [-0.05, 0) is 55.5 Å². The second-order valence-electron chi connectivity index (χ2n) is 7.08. The highest BCUT2D eigenvalue weighted by atomic mass is 35.5. The predicted molar refractivity (Wildman–Crippen MR) is 114 cm³/mol. The van der Waals surface area contributed by atoms with Gasteiger partial charge in [0.2, 0.25) is 0 Å². The van der Waals surface area contributed by atoms with Crippen LogP contribution < -0.4 is 9.62 Å². The number of anilines is 1. The Balaban J connectivity index is 1.64. The number of amides is 1. The Morgan fingerprint density at radius 3 is 2.62 bits per heavy atom. The molecule has 29 heavy (non-hydrogen) atoms. The predicted octanol–water partition coefficient (Wildman–Crippen LogP) is 3.71. The first-order valence-corrected chi connectivity index (χ1v) is 11.4. The summed E-state index contributed by atoms with van der Waals surface area (Å²) in [6, 6.07) is 12.9. The first-order chi connectivity index (χ1) is 13.9. The second-order valence-corrected chi connectivity index (χ2v) is 9.45. The molecular weight excluding hydrogens is 412 g/mol. The van der Waals surface area contributed by atoms with Gasteiger partial charge in [0.1, 0.15) is 0 Å². The van der Waals surface area contributed by atoms with E-state index in [1.165, 1.54) is 42.4 Å². The van der Waals surface area contributed by atoms with Crippen molar-refractivity contribution in [2.45, 2.75) is 24.2 Å². The number of sulfonamides is 1. The number of rotatable bonds is 10. The van der Waals surface area contributed by atoms with Crippen LogP contribution in [-0.2, 0) is 14.8 Å². The van der Waals surface area contributed by atoms with Crippen LogP contribution in [-0.4, -0.2) is 41.1 Å². The molecule has 0 spiro atoms. The monoisotopic (exact) mass is 436 g/mol. The summed E-state index contributed by atoms with van der Waals surface area (Å²) in [6.45, 7) is 1.80. The Morgan fingerprint density at radius 1 is 1.21 bits per heavy atom. The number of carbonyl (C=O) groups excluding carboxylic acids is 1. The summed E-state index contributed by atoms with van der Waals surface area (Å²) >= 11 is 6.15. The molecule has 0 saturated heterocycles. The highest BCUT2D eigenvalue weighted by Crippen LogP contribution is 2.28. The zero-order valence-corrected chi connectivity index (χ0v) is 17.9. The molecule has 1 aliphatic rings. The van der Waals surface area contributed by atoms with E-state index in [1.54, 1.807) is 24.3 Å². The highest BCUT2D eigenvalue weighted by Gasteiger charge is 2.24. The summed E-state index contributed by atoms with van der Waals surface area (Å²) in [6.07, 6.45) is 3.17. The van der Waals surface area contributed by atoms with E-state index >= 15 is 0 Å². The van der Waals surface area contributed by atoms with E-state index in [0.29, 0.717) is 31.2 Å². The van der Waals surface area contributed by atoms with Crippen LogP contribution in [0.5, 0.6) is 0 Å². The van der Waals surface area contributed by atoms with Crippen LogP contribution in [0.2, 0.25) is 5.02 Å². The molecule has 2 aromatic rings. The van der Waals surface area contributed by atoms with Gasteiger partial charge >= 0.3 is 0 Å². The van der Waals surface area contributed by atoms with Crippen molar-refractivity contribution >= 4 is 33.2 Å². The lowest BCUT2D eigenvalue weighted by Crippen LogP contribution is -2.28.